The Morgan fingerprint density at radius 1 is 0.877 bits per heavy atom. The van der Waals surface area contributed by atoms with Gasteiger partial charge in [0.25, 0.3) is 31.7 Å². The van der Waals surface area contributed by atoms with Gasteiger partial charge in [0.05, 0.1) is 38.9 Å². The number of morpholine rings is 1. The molecule has 0 spiro atoms. The standard InChI is InChI=1S/C44H42ClF2N7O7S4/c45-44(46,47)64(57,58)39-26-32(16-17-36(39)48-30(19-20-53-22-24-61-25-23-53)28-62-31-9-2-1-3-10-31)65(59,60)52-42(56)37-13-7-15-40(49-37)54-21-18-29-8-6-11-33(34(29)27-54)41(55)51-43-50-35-12-4-5-14-38(35)63-43/h1-17,26,30,48H,18-25,27-28H2,(H,52,56)(H,50,51,55)/t30-/m1/s1. The molecule has 14 nitrogen and oxygen atoms in total. The first-order chi connectivity index (χ1) is 31.1. The normalized spacial score (nSPS) is 15.3. The number of aromatic nitrogens is 2. The lowest BCUT2D eigenvalue weighted by atomic mass is 9.94. The molecule has 340 valence electrons. The van der Waals surface area contributed by atoms with Crippen LogP contribution in [0.4, 0.5) is 25.4 Å². The van der Waals surface area contributed by atoms with Gasteiger partial charge in [0, 0.05) is 55.0 Å². The van der Waals surface area contributed by atoms with Crippen LogP contribution < -0.4 is 20.3 Å². The van der Waals surface area contributed by atoms with Crippen LogP contribution in [0, 0.1) is 0 Å². The number of amides is 2. The SMILES string of the molecule is O=C(NS(=O)(=O)c1ccc(N[C@H](CCN2CCOCC2)CSc2ccccc2)c(S(=O)(=O)C(F)(F)Cl)c1)c1cccc(N2CCc3cccc(C(=O)Nc4nc5ccccc5s4)c3C2)n1. The van der Waals surface area contributed by atoms with Crippen molar-refractivity contribution >= 4 is 93.2 Å². The number of thiazole rings is 1. The number of benzene rings is 4. The van der Waals surface area contributed by atoms with E-state index in [9.17, 15) is 35.2 Å². The van der Waals surface area contributed by atoms with E-state index >= 15 is 0 Å². The molecule has 1 saturated heterocycles. The molecular weight excluding hydrogens is 940 g/mol. The minimum absolute atomic E-state index is 0.247. The molecule has 0 bridgehead atoms. The first kappa shape index (κ1) is 46.3. The summed E-state index contributed by atoms with van der Waals surface area (Å²) in [4.78, 5) is 39.2. The van der Waals surface area contributed by atoms with Crippen LogP contribution in [-0.4, -0.2) is 99.4 Å². The molecule has 0 aliphatic carbocycles. The van der Waals surface area contributed by atoms with E-state index in [0.717, 1.165) is 38.4 Å². The molecule has 0 radical (unpaired) electrons. The Kier molecular flexibility index (Phi) is 14.0. The summed E-state index contributed by atoms with van der Waals surface area (Å²) >= 11 is 7.99. The zero-order valence-corrected chi connectivity index (χ0v) is 38.5. The average molecular weight is 983 g/mol. The van der Waals surface area contributed by atoms with Gasteiger partial charge in [0.1, 0.15) is 11.5 Å². The van der Waals surface area contributed by atoms with E-state index in [1.54, 1.807) is 12.1 Å². The maximum absolute atomic E-state index is 14.7. The van der Waals surface area contributed by atoms with E-state index in [1.807, 2.05) is 76.4 Å². The van der Waals surface area contributed by atoms with E-state index in [2.05, 4.69) is 25.5 Å². The number of nitrogens with one attached hydrogen (secondary N) is 3. The van der Waals surface area contributed by atoms with Crippen molar-refractivity contribution < 1.29 is 39.9 Å². The van der Waals surface area contributed by atoms with E-state index in [0.29, 0.717) is 80.6 Å². The molecule has 1 atom stereocenters. The van der Waals surface area contributed by atoms with Gasteiger partial charge in [-0.05, 0) is 96.2 Å². The Hall–Kier alpha value is -5.22. The third kappa shape index (κ3) is 10.9. The first-order valence-electron chi connectivity index (χ1n) is 20.4. The number of ether oxygens (including phenoxy) is 1. The van der Waals surface area contributed by atoms with Gasteiger partial charge >= 0.3 is 4.71 Å². The third-order valence-corrected chi connectivity index (χ3v) is 16.4. The molecule has 1 fully saturated rings. The third-order valence-electron chi connectivity index (χ3n) is 10.9. The fraction of sp³-hybridized carbons (Fsp3) is 0.273. The number of nitrogens with zero attached hydrogens (tertiary/aromatic N) is 4. The van der Waals surface area contributed by atoms with Crippen LogP contribution >= 0.6 is 34.7 Å². The molecular formula is C44H42ClF2N7O7S4. The van der Waals surface area contributed by atoms with Crippen LogP contribution in [0.3, 0.4) is 0 Å². The molecule has 6 aromatic rings. The number of para-hydroxylation sites is 1. The van der Waals surface area contributed by atoms with Gasteiger partial charge in [-0.1, -0.05) is 59.9 Å². The molecule has 0 unspecified atom stereocenters. The molecule has 65 heavy (non-hydrogen) atoms. The molecule has 2 amide bonds. The van der Waals surface area contributed by atoms with Crippen molar-refractivity contribution in [2.45, 2.75) is 44.8 Å². The fourth-order valence-corrected chi connectivity index (χ4v) is 11.6. The number of hydrogen-bond acceptors (Lipinski definition) is 14. The number of rotatable bonds is 16. The summed E-state index contributed by atoms with van der Waals surface area (Å²) < 4.78 is 87.0. The van der Waals surface area contributed by atoms with Crippen LogP contribution in [-0.2, 0) is 37.6 Å². The number of sulfonamides is 1. The summed E-state index contributed by atoms with van der Waals surface area (Å²) in [5, 5.41) is 6.44. The van der Waals surface area contributed by atoms with E-state index in [4.69, 9.17) is 16.3 Å². The lowest BCUT2D eigenvalue weighted by Gasteiger charge is -2.31. The van der Waals surface area contributed by atoms with Gasteiger partial charge in [-0.2, -0.15) is 8.78 Å². The first-order valence-corrected chi connectivity index (χ1v) is 25.6. The summed E-state index contributed by atoms with van der Waals surface area (Å²) in [6.45, 7) is 3.80. The highest BCUT2D eigenvalue weighted by Crippen LogP contribution is 2.38. The minimum Gasteiger partial charge on any atom is -0.380 e. The van der Waals surface area contributed by atoms with Crippen LogP contribution in [0.25, 0.3) is 10.2 Å². The second kappa shape index (κ2) is 19.7. The van der Waals surface area contributed by atoms with E-state index in [-0.39, 0.29) is 23.8 Å². The van der Waals surface area contributed by atoms with Crippen molar-refractivity contribution in [1.29, 1.82) is 0 Å². The average Bonchev–Trinajstić information content (AvgIpc) is 3.72. The van der Waals surface area contributed by atoms with Crippen LogP contribution in [0.1, 0.15) is 38.4 Å². The zero-order valence-electron chi connectivity index (χ0n) is 34.5. The summed E-state index contributed by atoms with van der Waals surface area (Å²) in [5.41, 5.74) is 2.34. The Labute approximate surface area is 387 Å². The molecule has 2 aliphatic rings. The summed E-state index contributed by atoms with van der Waals surface area (Å²) in [5.74, 6) is -0.771. The molecule has 3 N–H and O–H groups in total. The second-order valence-electron chi connectivity index (χ2n) is 15.2. The van der Waals surface area contributed by atoms with Gasteiger partial charge in [-0.15, -0.1) is 11.8 Å². The number of carbonyl (C=O) groups excluding carboxylic acids is 2. The van der Waals surface area contributed by atoms with Crippen molar-refractivity contribution in [3.63, 3.8) is 0 Å². The van der Waals surface area contributed by atoms with Crippen molar-refractivity contribution in [2.75, 3.05) is 60.7 Å². The lowest BCUT2D eigenvalue weighted by molar-refractivity contribution is 0.0370. The molecule has 4 heterocycles. The van der Waals surface area contributed by atoms with Crippen molar-refractivity contribution in [3.05, 3.63) is 132 Å². The van der Waals surface area contributed by atoms with E-state index in [1.165, 1.54) is 35.2 Å². The summed E-state index contributed by atoms with van der Waals surface area (Å²) in [7, 11) is -10.6. The molecule has 8 rings (SSSR count). The topological polar surface area (TPSA) is 180 Å². The number of carbonyl (C=O) groups is 2. The number of sulfone groups is 1. The number of fused-ring (bicyclic) bond motifs is 2. The van der Waals surface area contributed by atoms with Crippen molar-refractivity contribution in [3.8, 4) is 0 Å². The summed E-state index contributed by atoms with van der Waals surface area (Å²) in [6, 6.07) is 29.1. The van der Waals surface area contributed by atoms with Crippen LogP contribution in [0.2, 0.25) is 0 Å². The smallest absolute Gasteiger partial charge is 0.380 e. The predicted octanol–water partition coefficient (Wildman–Crippen LogP) is 7.48. The Bertz CT molecular complexity index is 2900. The number of anilines is 3. The van der Waals surface area contributed by atoms with Gasteiger partial charge < -0.3 is 15.0 Å². The number of alkyl halides is 3. The quantitative estimate of drug-likeness (QED) is 0.0643. The largest absolute Gasteiger partial charge is 0.427 e. The van der Waals surface area contributed by atoms with E-state index < -0.39 is 46.3 Å². The van der Waals surface area contributed by atoms with Crippen LogP contribution in [0.5, 0.6) is 0 Å². The highest BCUT2D eigenvalue weighted by atomic mass is 35.5. The van der Waals surface area contributed by atoms with Crippen molar-refractivity contribution in [2.24, 2.45) is 0 Å². The number of hydrogen-bond donors (Lipinski definition) is 3. The van der Waals surface area contributed by atoms with Gasteiger partial charge in [0.15, 0.2) is 5.13 Å². The highest BCUT2D eigenvalue weighted by Gasteiger charge is 2.46. The zero-order chi connectivity index (χ0) is 45.8. The number of thioether (sulfide) groups is 1. The summed E-state index contributed by atoms with van der Waals surface area (Å²) in [6.07, 6.45) is 1.02. The molecule has 0 saturated carbocycles. The Morgan fingerprint density at radius 2 is 1.63 bits per heavy atom. The predicted molar refractivity (Wildman–Crippen MR) is 249 cm³/mol. The van der Waals surface area contributed by atoms with Crippen molar-refractivity contribution in [1.82, 2.24) is 19.6 Å². The fourth-order valence-electron chi connectivity index (χ4n) is 7.47. The minimum atomic E-state index is -5.68. The Balaban J connectivity index is 1.000. The second-order valence-corrected chi connectivity index (χ2v) is 21.7. The maximum Gasteiger partial charge on any atom is 0.427 e. The molecule has 2 aliphatic heterocycles. The molecule has 21 heteroatoms. The molecule has 2 aromatic heterocycles. The van der Waals surface area contributed by atoms with Gasteiger partial charge in [-0.25, -0.2) is 31.5 Å². The van der Waals surface area contributed by atoms with Gasteiger partial charge in [-0.3, -0.25) is 19.8 Å². The van der Waals surface area contributed by atoms with Gasteiger partial charge in [0.2, 0.25) is 0 Å². The van der Waals surface area contributed by atoms with Crippen LogP contribution in [0.15, 0.2) is 124 Å². The lowest BCUT2D eigenvalue weighted by Crippen LogP contribution is -2.39. The Morgan fingerprint density at radius 3 is 2.40 bits per heavy atom. The molecule has 4 aromatic carbocycles. The number of pyridine rings is 1. The monoisotopic (exact) mass is 981 g/mol. The highest BCUT2D eigenvalue weighted by molar-refractivity contribution is 7.99. The number of halogens is 3. The maximum atomic E-state index is 14.7.